The molecule has 0 aromatic heterocycles. The van der Waals surface area contributed by atoms with Crippen LogP contribution in [0.2, 0.25) is 0 Å². The number of ketones is 2. The fourth-order valence-corrected chi connectivity index (χ4v) is 0.642. The van der Waals surface area contributed by atoms with Crippen molar-refractivity contribution in [2.24, 2.45) is 0 Å². The summed E-state index contributed by atoms with van der Waals surface area (Å²) < 4.78 is 0. The first-order valence-electron chi connectivity index (χ1n) is 3.74. The van der Waals surface area contributed by atoms with Crippen molar-refractivity contribution < 1.29 is 14.7 Å². The zero-order valence-corrected chi connectivity index (χ0v) is 7.04. The Balaban J connectivity index is 3.71. The molecule has 0 aliphatic rings. The number of terminal acetylenes is 1. The summed E-state index contributed by atoms with van der Waals surface area (Å²) in [5, 5.41) is 8.75. The predicted octanol–water partition coefficient (Wildman–Crippen LogP) is 0.309. The third kappa shape index (κ3) is 4.64. The molecule has 0 amide bonds. The van der Waals surface area contributed by atoms with E-state index in [9.17, 15) is 9.59 Å². The topological polar surface area (TPSA) is 54.4 Å². The number of hydrogen-bond donors (Lipinski definition) is 1. The van der Waals surface area contributed by atoms with E-state index in [1.807, 2.05) is 0 Å². The third-order valence-corrected chi connectivity index (χ3v) is 1.39. The van der Waals surface area contributed by atoms with E-state index in [0.29, 0.717) is 6.42 Å². The molecule has 66 valence electrons. The lowest BCUT2D eigenvalue weighted by Crippen LogP contribution is -2.19. The van der Waals surface area contributed by atoms with E-state index in [2.05, 4.69) is 5.92 Å². The molecule has 3 heteroatoms. The predicted molar refractivity (Wildman–Crippen MR) is 44.4 cm³/mol. The molecule has 0 spiro atoms. The minimum atomic E-state index is -1.06. The number of carbonyl (C=O) groups excluding carboxylic acids is 2. The maximum atomic E-state index is 10.9. The van der Waals surface area contributed by atoms with Gasteiger partial charge in [-0.05, 0) is 6.92 Å². The molecule has 0 radical (unpaired) electrons. The minimum Gasteiger partial charge on any atom is -0.386 e. The molecule has 0 fully saturated rings. The van der Waals surface area contributed by atoms with Crippen molar-refractivity contribution in [1.29, 1.82) is 0 Å². The van der Waals surface area contributed by atoms with Crippen LogP contribution in [-0.4, -0.2) is 22.8 Å². The van der Waals surface area contributed by atoms with E-state index in [0.717, 1.165) is 0 Å². The van der Waals surface area contributed by atoms with E-state index in [1.54, 1.807) is 0 Å². The summed E-state index contributed by atoms with van der Waals surface area (Å²) in [4.78, 5) is 21.7. The molecule has 0 rings (SSSR count). The normalized spacial score (nSPS) is 11.8. The molecule has 0 aromatic carbocycles. The van der Waals surface area contributed by atoms with Crippen LogP contribution in [0.4, 0.5) is 0 Å². The molecule has 1 unspecified atom stereocenters. The summed E-state index contributed by atoms with van der Waals surface area (Å²) >= 11 is 0. The summed E-state index contributed by atoms with van der Waals surface area (Å²) in [7, 11) is 0. The van der Waals surface area contributed by atoms with Gasteiger partial charge in [0.15, 0.2) is 5.78 Å². The molecule has 0 aromatic rings. The van der Waals surface area contributed by atoms with Gasteiger partial charge in [-0.1, -0.05) is 0 Å². The van der Waals surface area contributed by atoms with Crippen molar-refractivity contribution >= 4 is 11.6 Å². The second-order valence-corrected chi connectivity index (χ2v) is 2.56. The van der Waals surface area contributed by atoms with E-state index >= 15 is 0 Å². The molecule has 0 heterocycles. The van der Waals surface area contributed by atoms with Crippen LogP contribution in [0.25, 0.3) is 0 Å². The van der Waals surface area contributed by atoms with Crippen molar-refractivity contribution in [2.75, 3.05) is 0 Å². The Morgan fingerprint density at radius 1 is 1.58 bits per heavy atom. The lowest BCUT2D eigenvalue weighted by Gasteiger charge is -2.00. The van der Waals surface area contributed by atoms with Gasteiger partial charge in [0.2, 0.25) is 0 Å². The Morgan fingerprint density at radius 2 is 2.17 bits per heavy atom. The Morgan fingerprint density at radius 3 is 2.58 bits per heavy atom. The van der Waals surface area contributed by atoms with Crippen LogP contribution < -0.4 is 0 Å². The summed E-state index contributed by atoms with van der Waals surface area (Å²) in [5.41, 5.74) is 0. The fourth-order valence-electron chi connectivity index (χ4n) is 0.642. The zero-order chi connectivity index (χ0) is 9.56. The van der Waals surface area contributed by atoms with Crippen molar-refractivity contribution in [2.45, 2.75) is 32.3 Å². The minimum absolute atomic E-state index is 0.209. The van der Waals surface area contributed by atoms with Crippen molar-refractivity contribution in [1.82, 2.24) is 0 Å². The van der Waals surface area contributed by atoms with Crippen molar-refractivity contribution in [3.05, 3.63) is 0 Å². The van der Waals surface area contributed by atoms with Gasteiger partial charge < -0.3 is 5.11 Å². The monoisotopic (exact) mass is 168 g/mol. The average molecular weight is 168 g/mol. The van der Waals surface area contributed by atoms with Gasteiger partial charge in [-0.25, -0.2) is 0 Å². The summed E-state index contributed by atoms with van der Waals surface area (Å²) in [6.07, 6.45) is 4.24. The molecular weight excluding hydrogens is 156 g/mol. The SMILES string of the molecule is C#CCCC(=O)CC(=O)C(C)O. The van der Waals surface area contributed by atoms with Gasteiger partial charge in [0.25, 0.3) is 0 Å². The first-order valence-corrected chi connectivity index (χ1v) is 3.74. The van der Waals surface area contributed by atoms with Crippen molar-refractivity contribution in [3.63, 3.8) is 0 Å². The molecule has 0 saturated heterocycles. The van der Waals surface area contributed by atoms with Crippen LogP contribution in [0.3, 0.4) is 0 Å². The van der Waals surface area contributed by atoms with Crippen LogP contribution >= 0.6 is 0 Å². The average Bonchev–Trinajstić information content (AvgIpc) is 2.00. The van der Waals surface area contributed by atoms with Gasteiger partial charge in [0.1, 0.15) is 11.9 Å². The molecule has 0 saturated carbocycles. The largest absolute Gasteiger partial charge is 0.386 e. The van der Waals surface area contributed by atoms with E-state index in [4.69, 9.17) is 11.5 Å². The standard InChI is InChI=1S/C9H12O3/c1-3-4-5-8(11)6-9(12)7(2)10/h1,7,10H,4-6H2,2H3. The number of hydrogen-bond acceptors (Lipinski definition) is 3. The van der Waals surface area contributed by atoms with Gasteiger partial charge in [0.05, 0.1) is 6.42 Å². The van der Waals surface area contributed by atoms with E-state index in [-0.39, 0.29) is 18.6 Å². The van der Waals surface area contributed by atoms with Crippen LogP contribution in [0.15, 0.2) is 0 Å². The smallest absolute Gasteiger partial charge is 0.168 e. The number of rotatable bonds is 5. The summed E-state index contributed by atoms with van der Waals surface area (Å²) in [5.74, 6) is 1.65. The molecule has 1 atom stereocenters. The maximum absolute atomic E-state index is 10.9. The summed E-state index contributed by atoms with van der Waals surface area (Å²) in [6, 6.07) is 0. The van der Waals surface area contributed by atoms with Gasteiger partial charge in [-0.15, -0.1) is 12.3 Å². The highest BCUT2D eigenvalue weighted by atomic mass is 16.3. The lowest BCUT2D eigenvalue weighted by molar-refractivity contribution is -0.131. The highest BCUT2D eigenvalue weighted by Gasteiger charge is 2.13. The molecule has 0 aliphatic heterocycles. The fraction of sp³-hybridized carbons (Fsp3) is 0.556. The van der Waals surface area contributed by atoms with Gasteiger partial charge >= 0.3 is 0 Å². The van der Waals surface area contributed by atoms with Crippen LogP contribution in [-0.2, 0) is 9.59 Å². The number of Topliss-reactive ketones (excluding diaryl/α,β-unsaturated/α-hetero) is 2. The lowest BCUT2D eigenvalue weighted by atomic mass is 10.1. The Hall–Kier alpha value is -1.14. The maximum Gasteiger partial charge on any atom is 0.168 e. The Labute approximate surface area is 71.8 Å². The summed E-state index contributed by atoms with van der Waals surface area (Å²) in [6.45, 7) is 1.34. The number of aliphatic hydroxyl groups excluding tert-OH is 1. The molecule has 3 nitrogen and oxygen atoms in total. The van der Waals surface area contributed by atoms with Crippen LogP contribution in [0, 0.1) is 12.3 Å². The van der Waals surface area contributed by atoms with E-state index in [1.165, 1.54) is 6.92 Å². The molecule has 1 N–H and O–H groups in total. The van der Waals surface area contributed by atoms with Crippen LogP contribution in [0.1, 0.15) is 26.2 Å². The van der Waals surface area contributed by atoms with Gasteiger partial charge in [-0.2, -0.15) is 0 Å². The Kier molecular flexibility index (Phi) is 4.98. The molecule has 0 bridgehead atoms. The highest BCUT2D eigenvalue weighted by Crippen LogP contribution is 1.97. The third-order valence-electron chi connectivity index (χ3n) is 1.39. The molecular formula is C9H12O3. The first-order chi connectivity index (χ1) is 5.57. The first kappa shape index (κ1) is 10.9. The number of carbonyl (C=O) groups is 2. The second-order valence-electron chi connectivity index (χ2n) is 2.56. The second kappa shape index (κ2) is 5.50. The molecule has 0 aliphatic carbocycles. The van der Waals surface area contributed by atoms with Crippen molar-refractivity contribution in [3.8, 4) is 12.3 Å². The van der Waals surface area contributed by atoms with E-state index < -0.39 is 11.9 Å². The van der Waals surface area contributed by atoms with Gasteiger partial charge in [-0.3, -0.25) is 9.59 Å². The van der Waals surface area contributed by atoms with Crippen LogP contribution in [0.5, 0.6) is 0 Å². The zero-order valence-electron chi connectivity index (χ0n) is 7.04. The quantitative estimate of drug-likeness (QED) is 0.474. The molecule has 12 heavy (non-hydrogen) atoms. The van der Waals surface area contributed by atoms with Gasteiger partial charge in [0, 0.05) is 12.8 Å². The Bertz CT molecular complexity index is 210. The highest BCUT2D eigenvalue weighted by molar-refractivity contribution is 6.00. The number of aliphatic hydroxyl groups is 1.